The Kier molecular flexibility index (Phi) is 10.4. The zero-order chi connectivity index (χ0) is 40.2. The highest BCUT2D eigenvalue weighted by atomic mass is 16.5. The first kappa shape index (κ1) is 37.2. The van der Waals surface area contributed by atoms with Gasteiger partial charge in [0.1, 0.15) is 47.8 Å². The molecule has 0 bridgehead atoms. The summed E-state index contributed by atoms with van der Waals surface area (Å²) >= 11 is 0. The molecule has 0 radical (unpaired) electrons. The molecule has 0 saturated carbocycles. The first-order chi connectivity index (χ1) is 28.2. The molecule has 0 aliphatic carbocycles. The number of fused-ring (bicyclic) bond motifs is 2. The zero-order valence-corrected chi connectivity index (χ0v) is 31.7. The van der Waals surface area contributed by atoms with Crippen LogP contribution in [0, 0.1) is 0 Å². The maximum absolute atomic E-state index is 11.9. The Morgan fingerprint density at radius 3 is 1.33 bits per heavy atom. The molecule has 4 N–H and O–H groups in total. The largest absolute Gasteiger partial charge is 0.507 e. The number of amides is 2. The second-order valence-corrected chi connectivity index (χ2v) is 13.8. The van der Waals surface area contributed by atoms with Gasteiger partial charge in [0.2, 0.25) is 11.8 Å². The number of anilines is 2. The number of benzene rings is 6. The van der Waals surface area contributed by atoms with Gasteiger partial charge in [-0.2, -0.15) is 0 Å². The average Bonchev–Trinajstić information content (AvgIpc) is 3.22. The van der Waals surface area contributed by atoms with Gasteiger partial charge in [0.25, 0.3) is 0 Å². The van der Waals surface area contributed by atoms with Crippen molar-refractivity contribution in [3.05, 3.63) is 157 Å². The number of nitrogens with one attached hydrogen (secondary N) is 2. The predicted molar refractivity (Wildman–Crippen MR) is 227 cm³/mol. The van der Waals surface area contributed by atoms with Crippen LogP contribution in [0.25, 0.3) is 55.2 Å². The number of nitrogens with zero attached hydrogens (tertiary/aromatic N) is 2. The second-order valence-electron chi connectivity index (χ2n) is 13.8. The summed E-state index contributed by atoms with van der Waals surface area (Å²) < 4.78 is 13.0. The number of carbonyl (C=O) groups excluding carboxylic acids is 2. The molecule has 10 nitrogen and oxygen atoms in total. The van der Waals surface area contributed by atoms with Crippen LogP contribution in [0.2, 0.25) is 0 Å². The van der Waals surface area contributed by atoms with Crippen LogP contribution in [-0.2, 0) is 22.8 Å². The minimum absolute atomic E-state index is 0.0525. The number of ether oxygens (including phenoxy) is 2. The van der Waals surface area contributed by atoms with E-state index in [9.17, 15) is 19.8 Å². The number of phenols is 2. The fraction of sp³-hybridized carbons (Fsp3) is 0.0833. The molecule has 0 spiro atoms. The molecule has 2 heterocycles. The minimum atomic E-state index is -0.241. The number of hydrogen-bond acceptors (Lipinski definition) is 8. The third kappa shape index (κ3) is 7.98. The van der Waals surface area contributed by atoms with E-state index in [-0.39, 0.29) is 36.5 Å². The lowest BCUT2D eigenvalue weighted by atomic mass is 9.90. The van der Waals surface area contributed by atoms with Crippen molar-refractivity contribution in [3.63, 3.8) is 0 Å². The van der Waals surface area contributed by atoms with Crippen molar-refractivity contribution in [3.8, 4) is 56.6 Å². The van der Waals surface area contributed by atoms with E-state index in [4.69, 9.17) is 19.4 Å². The van der Waals surface area contributed by atoms with Crippen LogP contribution in [0.5, 0.6) is 23.0 Å². The summed E-state index contributed by atoms with van der Waals surface area (Å²) in [5.74, 6) is 1.17. The van der Waals surface area contributed by atoms with Crippen LogP contribution >= 0.6 is 0 Å². The Morgan fingerprint density at radius 1 is 0.517 bits per heavy atom. The lowest BCUT2D eigenvalue weighted by molar-refractivity contribution is -0.115. The number of aromatic nitrogens is 2. The molecule has 6 aromatic carbocycles. The van der Waals surface area contributed by atoms with Crippen molar-refractivity contribution < 1.29 is 29.3 Å². The Balaban J connectivity index is 1.33. The van der Waals surface area contributed by atoms with E-state index in [0.717, 1.165) is 21.9 Å². The fourth-order valence-electron chi connectivity index (χ4n) is 6.99. The van der Waals surface area contributed by atoms with Gasteiger partial charge in [0, 0.05) is 36.1 Å². The molecular formula is C48H38N4O6. The average molecular weight is 767 g/mol. The molecule has 0 unspecified atom stereocenters. The highest BCUT2D eigenvalue weighted by Gasteiger charge is 2.22. The van der Waals surface area contributed by atoms with Crippen LogP contribution in [0.4, 0.5) is 11.6 Å². The molecule has 10 heteroatoms. The Hall–Kier alpha value is -7.72. The van der Waals surface area contributed by atoms with Crippen molar-refractivity contribution in [1.82, 2.24) is 9.97 Å². The third-order valence-corrected chi connectivity index (χ3v) is 9.58. The van der Waals surface area contributed by atoms with Gasteiger partial charge in [-0.05, 0) is 93.3 Å². The summed E-state index contributed by atoms with van der Waals surface area (Å²) in [7, 11) is 0. The SMILES string of the molecule is CC(=O)Nc1cccc(-c2cc3ccc(O)c(-c4c(O)ccc5cc(-c6cccc(NC(C)=O)n6)c(OCc6ccccc6)cc45)c3cc2OCc2ccccc2)n1. The number of aromatic hydroxyl groups is 2. The van der Waals surface area contributed by atoms with Gasteiger partial charge in [0.15, 0.2) is 0 Å². The molecule has 0 saturated heterocycles. The summed E-state index contributed by atoms with van der Waals surface area (Å²) in [4.78, 5) is 33.2. The van der Waals surface area contributed by atoms with Crippen molar-refractivity contribution in [2.45, 2.75) is 27.1 Å². The van der Waals surface area contributed by atoms with Gasteiger partial charge in [-0.1, -0.05) is 84.9 Å². The van der Waals surface area contributed by atoms with Crippen LogP contribution in [0.15, 0.2) is 146 Å². The summed E-state index contributed by atoms with van der Waals surface area (Å²) in [5, 5.41) is 31.7. The van der Waals surface area contributed by atoms with E-state index in [1.807, 2.05) is 109 Å². The van der Waals surface area contributed by atoms with Gasteiger partial charge in [0.05, 0.1) is 11.4 Å². The molecule has 0 aliphatic heterocycles. The van der Waals surface area contributed by atoms with E-state index in [1.54, 1.807) is 36.4 Å². The first-order valence-electron chi connectivity index (χ1n) is 18.6. The molecular weight excluding hydrogens is 729 g/mol. The van der Waals surface area contributed by atoms with Crippen LogP contribution in [0.1, 0.15) is 25.0 Å². The van der Waals surface area contributed by atoms with Crippen molar-refractivity contribution in [2.75, 3.05) is 10.6 Å². The van der Waals surface area contributed by atoms with Gasteiger partial charge >= 0.3 is 0 Å². The maximum atomic E-state index is 11.9. The lowest BCUT2D eigenvalue weighted by Crippen LogP contribution is -2.07. The van der Waals surface area contributed by atoms with Crippen molar-refractivity contribution >= 4 is 45.0 Å². The molecule has 58 heavy (non-hydrogen) atoms. The number of pyridine rings is 2. The normalized spacial score (nSPS) is 11.0. The monoisotopic (exact) mass is 766 g/mol. The predicted octanol–water partition coefficient (Wildman–Crippen LogP) is 10.3. The summed E-state index contributed by atoms with van der Waals surface area (Å²) in [5.41, 5.74) is 5.17. The Bertz CT molecular complexity index is 2630. The standard InChI is InChI=1S/C48H38N4O6/c1-29(53)49-45-17-9-15-39(51-45)37-23-33-19-21-41(55)47(35(33)25-43(37)57-27-31-11-5-3-6-12-31)48-36-26-44(58-28-32-13-7-4-8-14-32)38(24-34(36)20-22-42(48)56)40-16-10-18-46(52-40)50-30(2)54/h3-26,55-56H,27-28H2,1-2H3,(H,49,51,53)(H,50,52,54). The molecule has 286 valence electrons. The van der Waals surface area contributed by atoms with E-state index < -0.39 is 0 Å². The van der Waals surface area contributed by atoms with Crippen LogP contribution in [-0.4, -0.2) is 32.0 Å². The third-order valence-electron chi connectivity index (χ3n) is 9.58. The van der Waals surface area contributed by atoms with Crippen LogP contribution in [0.3, 0.4) is 0 Å². The summed E-state index contributed by atoms with van der Waals surface area (Å²) in [6.45, 7) is 3.36. The van der Waals surface area contributed by atoms with E-state index >= 15 is 0 Å². The molecule has 2 aromatic heterocycles. The maximum Gasteiger partial charge on any atom is 0.222 e. The van der Waals surface area contributed by atoms with Gasteiger partial charge in [-0.3, -0.25) is 9.59 Å². The van der Waals surface area contributed by atoms with E-state index in [2.05, 4.69) is 10.6 Å². The highest BCUT2D eigenvalue weighted by Crippen LogP contribution is 2.48. The van der Waals surface area contributed by atoms with Gasteiger partial charge < -0.3 is 30.3 Å². The minimum Gasteiger partial charge on any atom is -0.507 e. The van der Waals surface area contributed by atoms with E-state index in [0.29, 0.717) is 67.5 Å². The first-order valence-corrected chi connectivity index (χ1v) is 18.6. The Morgan fingerprint density at radius 2 is 0.931 bits per heavy atom. The fourth-order valence-corrected chi connectivity index (χ4v) is 6.99. The zero-order valence-electron chi connectivity index (χ0n) is 31.7. The molecule has 0 atom stereocenters. The number of rotatable bonds is 11. The van der Waals surface area contributed by atoms with Gasteiger partial charge in [-0.15, -0.1) is 0 Å². The summed E-state index contributed by atoms with van der Waals surface area (Å²) in [6.07, 6.45) is 0. The molecule has 0 aliphatic rings. The molecule has 0 fully saturated rings. The smallest absolute Gasteiger partial charge is 0.222 e. The van der Waals surface area contributed by atoms with E-state index in [1.165, 1.54) is 13.8 Å². The second kappa shape index (κ2) is 16.2. The lowest BCUT2D eigenvalue weighted by Gasteiger charge is -2.19. The number of phenolic OH excluding ortho intramolecular Hbond substituents is 2. The Labute approximate surface area is 334 Å². The van der Waals surface area contributed by atoms with Crippen molar-refractivity contribution in [1.29, 1.82) is 0 Å². The molecule has 2 amide bonds. The number of carbonyl (C=O) groups is 2. The molecule has 8 aromatic rings. The topological polar surface area (TPSA) is 143 Å². The molecule has 8 rings (SSSR count). The van der Waals surface area contributed by atoms with Gasteiger partial charge in [-0.25, -0.2) is 9.97 Å². The summed E-state index contributed by atoms with van der Waals surface area (Å²) in [6, 6.07) is 44.7. The quantitative estimate of drug-likeness (QED) is 0.102. The number of hydrogen-bond donors (Lipinski definition) is 4. The van der Waals surface area contributed by atoms with Crippen LogP contribution < -0.4 is 20.1 Å². The highest BCUT2D eigenvalue weighted by molar-refractivity contribution is 6.12. The van der Waals surface area contributed by atoms with Crippen molar-refractivity contribution in [2.24, 2.45) is 0 Å².